The van der Waals surface area contributed by atoms with Crippen LogP contribution in [0.25, 0.3) is 0 Å². The van der Waals surface area contributed by atoms with E-state index in [2.05, 4.69) is 0 Å². The molecule has 0 saturated heterocycles. The van der Waals surface area contributed by atoms with E-state index in [1.165, 1.54) is 0 Å². The Labute approximate surface area is 62.1 Å². The fourth-order valence-corrected chi connectivity index (χ4v) is 0.729. The molecule has 0 aliphatic rings. The van der Waals surface area contributed by atoms with Gasteiger partial charge in [0.25, 0.3) is 0 Å². The Morgan fingerprint density at radius 3 is 2.30 bits per heavy atom. The summed E-state index contributed by atoms with van der Waals surface area (Å²) in [5, 5.41) is 0. The molecule has 0 spiro atoms. The van der Waals surface area contributed by atoms with Crippen LogP contribution >= 0.6 is 0 Å². The largest absolute Gasteiger partial charge is 0.369 e. The Morgan fingerprint density at radius 2 is 2.00 bits per heavy atom. The Morgan fingerprint density at radius 1 is 1.50 bits per heavy atom. The highest BCUT2D eigenvalue weighted by Gasteiger charge is 2.13. The van der Waals surface area contributed by atoms with Gasteiger partial charge in [0.15, 0.2) is 0 Å². The summed E-state index contributed by atoms with van der Waals surface area (Å²) in [6.07, 6.45) is 3.92. The van der Waals surface area contributed by atoms with Crippen molar-refractivity contribution in [1.29, 1.82) is 0 Å². The van der Waals surface area contributed by atoms with Gasteiger partial charge in [-0.25, -0.2) is 0 Å². The first-order valence-electron chi connectivity index (χ1n) is 3.51. The summed E-state index contributed by atoms with van der Waals surface area (Å²) in [5.74, 6) is -0.0377. The number of carbonyl (C=O) groups is 1. The smallest absolute Gasteiger partial charge is 0.220 e. The van der Waals surface area contributed by atoms with Crippen LogP contribution in [0.1, 0.15) is 20.8 Å². The van der Waals surface area contributed by atoms with E-state index in [0.29, 0.717) is 0 Å². The SMILES string of the molecule is CC=CC(C)C(C)C(N)=O. The average molecular weight is 141 g/mol. The van der Waals surface area contributed by atoms with Crippen LogP contribution in [0.3, 0.4) is 0 Å². The fourth-order valence-electron chi connectivity index (χ4n) is 0.729. The zero-order valence-corrected chi connectivity index (χ0v) is 6.79. The molecule has 2 unspecified atom stereocenters. The van der Waals surface area contributed by atoms with Crippen LogP contribution in [-0.2, 0) is 4.79 Å². The number of carbonyl (C=O) groups excluding carboxylic acids is 1. The van der Waals surface area contributed by atoms with Gasteiger partial charge in [-0.3, -0.25) is 4.79 Å². The summed E-state index contributed by atoms with van der Waals surface area (Å²) in [6, 6.07) is 0. The van der Waals surface area contributed by atoms with Gasteiger partial charge in [0.2, 0.25) is 5.91 Å². The molecule has 0 radical (unpaired) electrons. The van der Waals surface area contributed by atoms with Gasteiger partial charge in [-0.05, 0) is 12.8 Å². The van der Waals surface area contributed by atoms with Gasteiger partial charge < -0.3 is 5.73 Å². The summed E-state index contributed by atoms with van der Waals surface area (Å²) in [6.45, 7) is 5.76. The third-order valence-electron chi connectivity index (χ3n) is 1.73. The highest BCUT2D eigenvalue weighted by molar-refractivity contribution is 5.76. The van der Waals surface area contributed by atoms with Crippen LogP contribution in [0, 0.1) is 11.8 Å². The highest BCUT2D eigenvalue weighted by atomic mass is 16.1. The minimum atomic E-state index is -0.231. The summed E-state index contributed by atoms with van der Waals surface area (Å²) in [5.41, 5.74) is 5.09. The van der Waals surface area contributed by atoms with Gasteiger partial charge in [-0.1, -0.05) is 26.0 Å². The normalized spacial score (nSPS) is 17.1. The van der Waals surface area contributed by atoms with Gasteiger partial charge in [-0.15, -0.1) is 0 Å². The van der Waals surface area contributed by atoms with E-state index in [1.54, 1.807) is 0 Å². The zero-order chi connectivity index (χ0) is 8.15. The monoisotopic (exact) mass is 141 g/mol. The Hall–Kier alpha value is -0.790. The summed E-state index contributed by atoms with van der Waals surface area (Å²) >= 11 is 0. The van der Waals surface area contributed by atoms with Crippen molar-refractivity contribution in [1.82, 2.24) is 0 Å². The lowest BCUT2D eigenvalue weighted by atomic mass is 9.95. The topological polar surface area (TPSA) is 43.1 Å². The number of amides is 1. The standard InChI is InChI=1S/C8H15NO/c1-4-5-6(2)7(3)8(9)10/h4-7H,1-3H3,(H2,9,10). The molecule has 0 aromatic carbocycles. The lowest BCUT2D eigenvalue weighted by Crippen LogP contribution is -2.25. The summed E-state index contributed by atoms with van der Waals surface area (Å²) < 4.78 is 0. The molecule has 2 atom stereocenters. The second-order valence-electron chi connectivity index (χ2n) is 2.58. The van der Waals surface area contributed by atoms with Crippen molar-refractivity contribution < 1.29 is 4.79 Å². The van der Waals surface area contributed by atoms with E-state index >= 15 is 0 Å². The molecule has 10 heavy (non-hydrogen) atoms. The Kier molecular flexibility index (Phi) is 3.77. The number of hydrogen-bond acceptors (Lipinski definition) is 1. The molecule has 2 N–H and O–H groups in total. The molecule has 0 saturated carbocycles. The Balaban J connectivity index is 3.93. The maximum Gasteiger partial charge on any atom is 0.220 e. The van der Waals surface area contributed by atoms with Gasteiger partial charge in [-0.2, -0.15) is 0 Å². The van der Waals surface area contributed by atoms with Crippen molar-refractivity contribution in [3.05, 3.63) is 12.2 Å². The fraction of sp³-hybridized carbons (Fsp3) is 0.625. The molecule has 0 fully saturated rings. The molecule has 58 valence electrons. The minimum absolute atomic E-state index is 0.0591. The number of nitrogens with two attached hydrogens (primary N) is 1. The third-order valence-corrected chi connectivity index (χ3v) is 1.73. The van der Waals surface area contributed by atoms with E-state index in [-0.39, 0.29) is 17.7 Å². The molecule has 0 aliphatic heterocycles. The van der Waals surface area contributed by atoms with Crippen LogP contribution < -0.4 is 5.73 Å². The van der Waals surface area contributed by atoms with E-state index < -0.39 is 0 Å². The lowest BCUT2D eigenvalue weighted by molar-refractivity contribution is -0.122. The molecule has 0 aliphatic carbocycles. The molecule has 2 heteroatoms. The van der Waals surface area contributed by atoms with Crippen molar-refractivity contribution in [3.8, 4) is 0 Å². The summed E-state index contributed by atoms with van der Waals surface area (Å²) in [4.78, 5) is 10.6. The number of rotatable bonds is 3. The number of primary amides is 1. The second-order valence-corrected chi connectivity index (χ2v) is 2.58. The zero-order valence-electron chi connectivity index (χ0n) is 6.79. The lowest BCUT2D eigenvalue weighted by Gasteiger charge is -2.11. The van der Waals surface area contributed by atoms with Crippen molar-refractivity contribution in [2.45, 2.75) is 20.8 Å². The van der Waals surface area contributed by atoms with Gasteiger partial charge in [0.05, 0.1) is 0 Å². The van der Waals surface area contributed by atoms with Crippen molar-refractivity contribution in [3.63, 3.8) is 0 Å². The first kappa shape index (κ1) is 9.21. The van der Waals surface area contributed by atoms with E-state index in [4.69, 9.17) is 5.73 Å². The first-order valence-corrected chi connectivity index (χ1v) is 3.51. The highest BCUT2D eigenvalue weighted by Crippen LogP contribution is 2.10. The Bertz CT molecular complexity index is 140. The summed E-state index contributed by atoms with van der Waals surface area (Å²) in [7, 11) is 0. The van der Waals surface area contributed by atoms with E-state index in [1.807, 2.05) is 32.9 Å². The molecule has 1 amide bonds. The van der Waals surface area contributed by atoms with Crippen LogP contribution in [-0.4, -0.2) is 5.91 Å². The second kappa shape index (κ2) is 4.09. The number of hydrogen-bond donors (Lipinski definition) is 1. The van der Waals surface area contributed by atoms with Crippen LogP contribution in [0.4, 0.5) is 0 Å². The quantitative estimate of drug-likeness (QED) is 0.592. The van der Waals surface area contributed by atoms with Gasteiger partial charge >= 0.3 is 0 Å². The molecule has 0 rings (SSSR count). The van der Waals surface area contributed by atoms with Crippen molar-refractivity contribution in [2.24, 2.45) is 17.6 Å². The van der Waals surface area contributed by atoms with Crippen molar-refractivity contribution in [2.75, 3.05) is 0 Å². The molecule has 2 nitrogen and oxygen atoms in total. The van der Waals surface area contributed by atoms with E-state index in [9.17, 15) is 4.79 Å². The molecule has 0 aromatic heterocycles. The van der Waals surface area contributed by atoms with E-state index in [0.717, 1.165) is 0 Å². The predicted octanol–water partition coefficient (Wildman–Crippen LogP) is 1.32. The molecular formula is C8H15NO. The maximum absolute atomic E-state index is 10.6. The van der Waals surface area contributed by atoms with Gasteiger partial charge in [0.1, 0.15) is 0 Å². The predicted molar refractivity (Wildman–Crippen MR) is 42.3 cm³/mol. The average Bonchev–Trinajstić information content (AvgIpc) is 1.87. The van der Waals surface area contributed by atoms with Crippen molar-refractivity contribution >= 4 is 5.91 Å². The third kappa shape index (κ3) is 2.67. The molecular weight excluding hydrogens is 126 g/mol. The molecule has 0 aromatic rings. The number of allylic oxidation sites excluding steroid dienone is 2. The molecule has 0 heterocycles. The maximum atomic E-state index is 10.6. The van der Waals surface area contributed by atoms with Crippen LogP contribution in [0.2, 0.25) is 0 Å². The first-order chi connectivity index (χ1) is 4.59. The van der Waals surface area contributed by atoms with Crippen LogP contribution in [0.5, 0.6) is 0 Å². The molecule has 0 bridgehead atoms. The minimum Gasteiger partial charge on any atom is -0.369 e. The van der Waals surface area contributed by atoms with Gasteiger partial charge in [0, 0.05) is 5.92 Å². The van der Waals surface area contributed by atoms with Crippen LogP contribution in [0.15, 0.2) is 12.2 Å².